The van der Waals surface area contributed by atoms with Gasteiger partial charge >= 0.3 is 0 Å². The lowest BCUT2D eigenvalue weighted by atomic mass is 9.96. The van der Waals surface area contributed by atoms with E-state index in [1.54, 1.807) is 0 Å². The Morgan fingerprint density at radius 3 is 2.36 bits per heavy atom. The molecule has 0 aromatic heterocycles. The Bertz CT molecular complexity index is 400. The van der Waals surface area contributed by atoms with Gasteiger partial charge in [-0.1, -0.05) is 19.1 Å². The van der Waals surface area contributed by atoms with Gasteiger partial charge in [-0.15, -0.1) is 12.4 Å². The van der Waals surface area contributed by atoms with Crippen molar-refractivity contribution in [2.24, 2.45) is 5.92 Å². The Morgan fingerprint density at radius 2 is 1.82 bits per heavy atom. The van der Waals surface area contributed by atoms with E-state index < -0.39 is 0 Å². The topological polar surface area (TPSA) is 24.5 Å². The fourth-order valence-electron chi connectivity index (χ4n) is 2.90. The molecule has 1 aromatic carbocycles. The van der Waals surface area contributed by atoms with Gasteiger partial charge in [-0.05, 0) is 76.5 Å². The molecule has 1 aliphatic heterocycles. The minimum Gasteiger partial charge on any atom is -0.491 e. The van der Waals surface area contributed by atoms with Crippen LogP contribution in [-0.2, 0) is 6.54 Å². The van der Waals surface area contributed by atoms with Crippen LogP contribution in [0.3, 0.4) is 0 Å². The van der Waals surface area contributed by atoms with Gasteiger partial charge in [-0.25, -0.2) is 0 Å². The zero-order valence-corrected chi connectivity index (χ0v) is 15.0. The van der Waals surface area contributed by atoms with Crippen LogP contribution >= 0.6 is 12.4 Å². The number of halogens is 1. The van der Waals surface area contributed by atoms with Crippen molar-refractivity contribution >= 4 is 12.4 Å². The average Bonchev–Trinajstić information content (AvgIpc) is 2.48. The molecule has 126 valence electrons. The first-order chi connectivity index (χ1) is 10.2. The van der Waals surface area contributed by atoms with Crippen molar-refractivity contribution < 1.29 is 4.74 Å². The first-order valence-electron chi connectivity index (χ1n) is 8.36. The molecule has 1 aliphatic rings. The molecular formula is C18H31ClN2O. The zero-order valence-electron chi connectivity index (χ0n) is 14.2. The number of likely N-dealkylation sites (tertiary alicyclic amines) is 1. The molecular weight excluding hydrogens is 296 g/mol. The van der Waals surface area contributed by atoms with Crippen LogP contribution in [0.2, 0.25) is 0 Å². The zero-order chi connectivity index (χ0) is 15.1. The molecule has 0 spiro atoms. The molecule has 3 nitrogen and oxygen atoms in total. The van der Waals surface area contributed by atoms with Gasteiger partial charge < -0.3 is 10.1 Å². The van der Waals surface area contributed by atoms with E-state index in [9.17, 15) is 0 Å². The van der Waals surface area contributed by atoms with Gasteiger partial charge in [0.25, 0.3) is 0 Å². The SMILES string of the molecule is CCNCC1CCN(Cc2ccc(OC(C)C)cc2)CC1.Cl. The second-order valence-corrected chi connectivity index (χ2v) is 6.34. The highest BCUT2D eigenvalue weighted by Crippen LogP contribution is 2.20. The lowest BCUT2D eigenvalue weighted by Gasteiger charge is -2.32. The number of hydrogen-bond donors (Lipinski definition) is 1. The van der Waals surface area contributed by atoms with Crippen LogP contribution in [0.15, 0.2) is 24.3 Å². The van der Waals surface area contributed by atoms with Crippen LogP contribution in [-0.4, -0.2) is 37.2 Å². The predicted molar refractivity (Wildman–Crippen MR) is 96.0 cm³/mol. The van der Waals surface area contributed by atoms with Gasteiger partial charge in [0.2, 0.25) is 0 Å². The molecule has 4 heteroatoms. The van der Waals surface area contributed by atoms with Gasteiger partial charge in [-0.3, -0.25) is 4.90 Å². The molecule has 0 atom stereocenters. The highest BCUT2D eigenvalue weighted by Gasteiger charge is 2.18. The molecule has 0 bridgehead atoms. The van der Waals surface area contributed by atoms with Crippen molar-refractivity contribution in [1.82, 2.24) is 10.2 Å². The Hall–Kier alpha value is -0.770. The molecule has 0 radical (unpaired) electrons. The van der Waals surface area contributed by atoms with Crippen molar-refractivity contribution in [1.29, 1.82) is 0 Å². The Morgan fingerprint density at radius 1 is 1.18 bits per heavy atom. The first-order valence-corrected chi connectivity index (χ1v) is 8.36. The molecule has 0 saturated carbocycles. The number of nitrogens with zero attached hydrogens (tertiary/aromatic N) is 1. The summed E-state index contributed by atoms with van der Waals surface area (Å²) in [5, 5.41) is 3.47. The molecule has 1 fully saturated rings. The number of piperidine rings is 1. The summed E-state index contributed by atoms with van der Waals surface area (Å²) in [5.41, 5.74) is 1.39. The molecule has 1 N–H and O–H groups in total. The van der Waals surface area contributed by atoms with E-state index in [2.05, 4.69) is 55.3 Å². The summed E-state index contributed by atoms with van der Waals surface area (Å²) in [4.78, 5) is 2.57. The molecule has 1 heterocycles. The van der Waals surface area contributed by atoms with Crippen LogP contribution in [0.25, 0.3) is 0 Å². The van der Waals surface area contributed by atoms with Gasteiger partial charge in [0, 0.05) is 6.54 Å². The highest BCUT2D eigenvalue weighted by molar-refractivity contribution is 5.85. The summed E-state index contributed by atoms with van der Waals surface area (Å²) < 4.78 is 5.69. The third-order valence-corrected chi connectivity index (χ3v) is 4.09. The maximum atomic E-state index is 5.69. The summed E-state index contributed by atoms with van der Waals surface area (Å²) in [6.45, 7) is 12.1. The van der Waals surface area contributed by atoms with Gasteiger partial charge in [0.15, 0.2) is 0 Å². The van der Waals surface area contributed by atoms with Gasteiger partial charge in [-0.2, -0.15) is 0 Å². The summed E-state index contributed by atoms with van der Waals surface area (Å²) in [5.74, 6) is 1.83. The molecule has 22 heavy (non-hydrogen) atoms. The average molecular weight is 327 g/mol. The van der Waals surface area contributed by atoms with Crippen molar-refractivity contribution in [2.75, 3.05) is 26.2 Å². The summed E-state index contributed by atoms with van der Waals surface area (Å²) in [6, 6.07) is 8.57. The van der Waals surface area contributed by atoms with Crippen molar-refractivity contribution in [3.63, 3.8) is 0 Å². The number of hydrogen-bond acceptors (Lipinski definition) is 3. The van der Waals surface area contributed by atoms with E-state index in [1.165, 1.54) is 38.0 Å². The van der Waals surface area contributed by atoms with E-state index in [1.807, 2.05) is 0 Å². The van der Waals surface area contributed by atoms with Crippen LogP contribution in [0, 0.1) is 5.92 Å². The van der Waals surface area contributed by atoms with E-state index in [-0.39, 0.29) is 18.5 Å². The minimum absolute atomic E-state index is 0. The second kappa shape index (κ2) is 10.1. The monoisotopic (exact) mass is 326 g/mol. The third-order valence-electron chi connectivity index (χ3n) is 4.09. The molecule has 1 aromatic rings. The number of ether oxygens (including phenoxy) is 1. The maximum Gasteiger partial charge on any atom is 0.119 e. The van der Waals surface area contributed by atoms with Gasteiger partial charge in [0.1, 0.15) is 5.75 Å². The predicted octanol–water partition coefficient (Wildman–Crippen LogP) is 3.72. The molecule has 1 saturated heterocycles. The fraction of sp³-hybridized carbons (Fsp3) is 0.667. The quantitative estimate of drug-likeness (QED) is 0.826. The van der Waals surface area contributed by atoms with E-state index in [0.717, 1.165) is 24.8 Å². The van der Waals surface area contributed by atoms with E-state index in [0.29, 0.717) is 0 Å². The second-order valence-electron chi connectivity index (χ2n) is 6.34. The fourth-order valence-corrected chi connectivity index (χ4v) is 2.90. The number of nitrogens with one attached hydrogen (secondary N) is 1. The van der Waals surface area contributed by atoms with Crippen LogP contribution in [0.4, 0.5) is 0 Å². The van der Waals surface area contributed by atoms with E-state index >= 15 is 0 Å². The van der Waals surface area contributed by atoms with Crippen molar-refractivity contribution in [3.05, 3.63) is 29.8 Å². The summed E-state index contributed by atoms with van der Waals surface area (Å²) in [7, 11) is 0. The summed E-state index contributed by atoms with van der Waals surface area (Å²) >= 11 is 0. The molecule has 2 rings (SSSR count). The summed E-state index contributed by atoms with van der Waals surface area (Å²) in [6.07, 6.45) is 2.88. The molecule has 0 unspecified atom stereocenters. The minimum atomic E-state index is 0. The Kier molecular flexibility index (Phi) is 8.84. The normalized spacial score (nSPS) is 16.5. The lowest BCUT2D eigenvalue weighted by molar-refractivity contribution is 0.176. The number of benzene rings is 1. The van der Waals surface area contributed by atoms with Crippen LogP contribution in [0.5, 0.6) is 5.75 Å². The molecule has 0 amide bonds. The van der Waals surface area contributed by atoms with Crippen molar-refractivity contribution in [2.45, 2.75) is 46.3 Å². The van der Waals surface area contributed by atoms with Crippen LogP contribution in [0.1, 0.15) is 39.2 Å². The first kappa shape index (κ1) is 19.3. The highest BCUT2D eigenvalue weighted by atomic mass is 35.5. The third kappa shape index (κ3) is 6.55. The van der Waals surface area contributed by atoms with Crippen molar-refractivity contribution in [3.8, 4) is 5.75 Å². The Labute approximate surface area is 141 Å². The van der Waals surface area contributed by atoms with Gasteiger partial charge in [0.05, 0.1) is 6.10 Å². The number of rotatable bonds is 7. The smallest absolute Gasteiger partial charge is 0.119 e. The molecule has 0 aliphatic carbocycles. The standard InChI is InChI=1S/C18H30N2O.ClH/c1-4-19-13-16-9-11-20(12-10-16)14-17-5-7-18(8-6-17)21-15(2)3;/h5-8,15-16,19H,4,9-14H2,1-3H3;1H. The van der Waals surface area contributed by atoms with E-state index in [4.69, 9.17) is 4.74 Å². The Balaban J connectivity index is 0.00000242. The lowest BCUT2D eigenvalue weighted by Crippen LogP contribution is -2.36. The maximum absolute atomic E-state index is 5.69. The van der Waals surface area contributed by atoms with Crippen LogP contribution < -0.4 is 10.1 Å². The largest absolute Gasteiger partial charge is 0.491 e.